The number of benzene rings is 2. The van der Waals surface area contributed by atoms with Gasteiger partial charge in [0.05, 0.1) is 13.7 Å². The lowest BCUT2D eigenvalue weighted by molar-refractivity contribution is 0.340. The number of hydrogen-bond acceptors (Lipinski definition) is 6. The number of aliphatic imine (C=N–C) groups is 1. The molecule has 2 aromatic heterocycles. The lowest BCUT2D eigenvalue weighted by Crippen LogP contribution is -2.39. The fourth-order valence-corrected chi connectivity index (χ4v) is 4.06. The predicted octanol–water partition coefficient (Wildman–Crippen LogP) is 4.98. The van der Waals surface area contributed by atoms with Crippen LogP contribution in [0.4, 0.5) is 11.6 Å². The first kappa shape index (κ1) is 25.9. The number of anilines is 2. The number of H-pyrrole nitrogens is 1. The Balaban J connectivity index is 1.48. The maximum absolute atomic E-state index is 5.55. The Morgan fingerprint density at radius 3 is 2.43 bits per heavy atom. The van der Waals surface area contributed by atoms with Crippen molar-refractivity contribution in [3.05, 3.63) is 71.7 Å². The molecule has 9 nitrogen and oxygen atoms in total. The van der Waals surface area contributed by atoms with Crippen LogP contribution in [0.25, 0.3) is 10.9 Å². The minimum absolute atomic E-state index is 0.386. The van der Waals surface area contributed by atoms with Gasteiger partial charge in [-0.3, -0.25) is 10.3 Å². The first-order valence-corrected chi connectivity index (χ1v) is 12.4. The normalized spacial score (nSPS) is 11.3. The summed E-state index contributed by atoms with van der Waals surface area (Å²) in [6.07, 6.45) is 2.72. The van der Waals surface area contributed by atoms with Gasteiger partial charge in [-0.2, -0.15) is 0 Å². The van der Waals surface area contributed by atoms with Gasteiger partial charge in [-0.25, -0.2) is 9.97 Å². The van der Waals surface area contributed by atoms with Crippen molar-refractivity contribution in [1.29, 1.82) is 0 Å². The Labute approximate surface area is 221 Å². The van der Waals surface area contributed by atoms with Gasteiger partial charge in [-0.15, -0.1) is 0 Å². The van der Waals surface area contributed by atoms with Crippen molar-refractivity contribution >= 4 is 45.8 Å². The number of aryl methyl sites for hydroxylation is 2. The molecule has 0 aliphatic carbocycles. The standard InChI is InChI=1S/C27H31N7O2S/c1-5-36-21-8-6-20(7-9-21)32-27(37)34-25(33-26-30-17(2)14-18(3)31-26)28-13-12-19-16-29-24-11-10-22(35-4)15-23(19)24/h6-11,14-16,29H,5,12-13H2,1-4H3,(H3,28,30,31,32,33,34,37). The van der Waals surface area contributed by atoms with E-state index in [1.54, 1.807) is 7.11 Å². The Kier molecular flexibility index (Phi) is 8.52. The first-order valence-electron chi connectivity index (χ1n) is 12.0. The highest BCUT2D eigenvalue weighted by Crippen LogP contribution is 2.24. The van der Waals surface area contributed by atoms with Crippen molar-refractivity contribution in [2.45, 2.75) is 27.2 Å². The van der Waals surface area contributed by atoms with Gasteiger partial charge in [-0.1, -0.05) is 0 Å². The van der Waals surface area contributed by atoms with E-state index in [4.69, 9.17) is 26.7 Å². The highest BCUT2D eigenvalue weighted by Gasteiger charge is 2.09. The highest BCUT2D eigenvalue weighted by molar-refractivity contribution is 7.80. The fraction of sp³-hybridized carbons (Fsp3) is 0.259. The van der Waals surface area contributed by atoms with E-state index >= 15 is 0 Å². The number of ether oxygens (including phenoxy) is 2. The minimum Gasteiger partial charge on any atom is -0.497 e. The van der Waals surface area contributed by atoms with Crippen LogP contribution in [0.2, 0.25) is 0 Å². The lowest BCUT2D eigenvalue weighted by Gasteiger charge is -2.14. The second-order valence-corrected chi connectivity index (χ2v) is 8.75. The Hall–Kier alpha value is -4.18. The number of aromatic amines is 1. The zero-order valence-electron chi connectivity index (χ0n) is 21.4. The smallest absolute Gasteiger partial charge is 0.229 e. The van der Waals surface area contributed by atoms with Gasteiger partial charge in [0.15, 0.2) is 5.11 Å². The number of fused-ring (bicyclic) bond motifs is 1. The number of aromatic nitrogens is 3. The maximum atomic E-state index is 5.55. The zero-order valence-corrected chi connectivity index (χ0v) is 22.2. The summed E-state index contributed by atoms with van der Waals surface area (Å²) in [6, 6.07) is 15.5. The molecule has 2 heterocycles. The van der Waals surface area contributed by atoms with Gasteiger partial charge >= 0.3 is 0 Å². The third-order valence-corrected chi connectivity index (χ3v) is 5.70. The Morgan fingerprint density at radius 2 is 1.73 bits per heavy atom. The van der Waals surface area contributed by atoms with Gasteiger partial charge in [0.1, 0.15) is 11.5 Å². The van der Waals surface area contributed by atoms with Crippen LogP contribution in [0.15, 0.2) is 59.7 Å². The second-order valence-electron chi connectivity index (χ2n) is 8.34. The SMILES string of the molecule is CCOc1ccc(NC(=S)NC(=NCCc2c[nH]c3ccc(OC)cc23)Nc2nc(C)cc(C)n2)cc1. The number of nitrogens with zero attached hydrogens (tertiary/aromatic N) is 3. The van der Waals surface area contributed by atoms with E-state index in [1.807, 2.05) is 75.5 Å². The number of guanidine groups is 1. The van der Waals surface area contributed by atoms with Gasteiger partial charge in [0.2, 0.25) is 11.9 Å². The number of nitrogens with one attached hydrogen (secondary N) is 4. The van der Waals surface area contributed by atoms with Crippen molar-refractivity contribution in [3.63, 3.8) is 0 Å². The average molecular weight is 518 g/mol. The van der Waals surface area contributed by atoms with Crippen LogP contribution in [0.5, 0.6) is 11.5 Å². The van der Waals surface area contributed by atoms with Gasteiger partial charge < -0.3 is 25.1 Å². The van der Waals surface area contributed by atoms with Crippen molar-refractivity contribution in [2.75, 3.05) is 30.9 Å². The zero-order chi connectivity index (χ0) is 26.2. The molecular formula is C27H31N7O2S. The van der Waals surface area contributed by atoms with Crippen LogP contribution in [0, 0.1) is 13.8 Å². The summed E-state index contributed by atoms with van der Waals surface area (Å²) >= 11 is 5.55. The van der Waals surface area contributed by atoms with E-state index in [2.05, 4.69) is 30.9 Å². The molecular weight excluding hydrogens is 486 g/mol. The molecule has 4 aromatic rings. The lowest BCUT2D eigenvalue weighted by atomic mass is 10.1. The van der Waals surface area contributed by atoms with Crippen LogP contribution in [0.1, 0.15) is 23.9 Å². The first-order chi connectivity index (χ1) is 17.9. The molecule has 10 heteroatoms. The molecule has 0 aliphatic heterocycles. The van der Waals surface area contributed by atoms with Crippen molar-refractivity contribution < 1.29 is 9.47 Å². The summed E-state index contributed by atoms with van der Waals surface area (Å²) in [5, 5.41) is 11.0. The minimum atomic E-state index is 0.386. The number of methoxy groups -OCH3 is 1. The van der Waals surface area contributed by atoms with E-state index in [1.165, 1.54) is 0 Å². The molecule has 0 saturated carbocycles. The summed E-state index contributed by atoms with van der Waals surface area (Å²) < 4.78 is 10.9. The predicted molar refractivity (Wildman–Crippen MR) is 153 cm³/mol. The molecule has 0 radical (unpaired) electrons. The molecule has 0 saturated heterocycles. The second kappa shape index (κ2) is 12.2. The summed E-state index contributed by atoms with van der Waals surface area (Å²) in [7, 11) is 1.67. The van der Waals surface area contributed by atoms with E-state index in [0.717, 1.165) is 45.0 Å². The third kappa shape index (κ3) is 7.17. The molecule has 0 spiro atoms. The Bertz CT molecular complexity index is 1380. The molecule has 0 fully saturated rings. The number of hydrogen-bond donors (Lipinski definition) is 4. The van der Waals surface area contributed by atoms with Crippen molar-refractivity contribution in [1.82, 2.24) is 20.3 Å². The summed E-state index contributed by atoms with van der Waals surface area (Å²) in [4.78, 5) is 17.0. The molecule has 2 aromatic carbocycles. The van der Waals surface area contributed by atoms with Crippen LogP contribution in [-0.2, 0) is 6.42 Å². The number of rotatable bonds is 8. The molecule has 192 valence electrons. The third-order valence-electron chi connectivity index (χ3n) is 5.49. The summed E-state index contributed by atoms with van der Waals surface area (Å²) in [6.45, 7) is 6.93. The van der Waals surface area contributed by atoms with Crippen LogP contribution in [0.3, 0.4) is 0 Å². The van der Waals surface area contributed by atoms with Crippen molar-refractivity contribution in [2.24, 2.45) is 4.99 Å². The molecule has 0 bridgehead atoms. The van der Waals surface area contributed by atoms with Crippen LogP contribution >= 0.6 is 12.2 Å². The van der Waals surface area contributed by atoms with Gasteiger partial charge in [-0.05, 0) is 93.5 Å². The average Bonchev–Trinajstić information content (AvgIpc) is 3.26. The maximum Gasteiger partial charge on any atom is 0.229 e. The summed E-state index contributed by atoms with van der Waals surface area (Å²) in [5.41, 5.74) is 4.75. The topological polar surface area (TPSA) is 108 Å². The summed E-state index contributed by atoms with van der Waals surface area (Å²) in [5.74, 6) is 2.52. The molecule has 0 atom stereocenters. The van der Waals surface area contributed by atoms with Crippen LogP contribution < -0.4 is 25.4 Å². The molecule has 4 N–H and O–H groups in total. The van der Waals surface area contributed by atoms with E-state index in [9.17, 15) is 0 Å². The molecule has 0 unspecified atom stereocenters. The molecule has 0 amide bonds. The monoisotopic (exact) mass is 517 g/mol. The van der Waals surface area contributed by atoms with Gasteiger partial charge in [0, 0.05) is 40.7 Å². The number of thiocarbonyl (C=S) groups is 1. The molecule has 37 heavy (non-hydrogen) atoms. The fourth-order valence-electron chi connectivity index (χ4n) is 3.85. The largest absolute Gasteiger partial charge is 0.497 e. The van der Waals surface area contributed by atoms with Gasteiger partial charge in [0.25, 0.3) is 0 Å². The van der Waals surface area contributed by atoms with E-state index in [-0.39, 0.29) is 0 Å². The quantitative estimate of drug-likeness (QED) is 0.147. The van der Waals surface area contributed by atoms with E-state index in [0.29, 0.717) is 36.6 Å². The van der Waals surface area contributed by atoms with Crippen LogP contribution in [-0.4, -0.2) is 46.3 Å². The van der Waals surface area contributed by atoms with E-state index < -0.39 is 0 Å². The highest BCUT2D eigenvalue weighted by atomic mass is 32.1. The molecule has 0 aliphatic rings. The van der Waals surface area contributed by atoms with Crippen molar-refractivity contribution in [3.8, 4) is 11.5 Å². The molecule has 4 rings (SSSR count). The Morgan fingerprint density at radius 1 is 1.00 bits per heavy atom.